The van der Waals surface area contributed by atoms with Crippen LogP contribution >= 0.6 is 0 Å². The Bertz CT molecular complexity index is 214. The van der Waals surface area contributed by atoms with E-state index in [-0.39, 0.29) is 18.2 Å². The van der Waals surface area contributed by atoms with Crippen LogP contribution in [0.2, 0.25) is 0 Å². The van der Waals surface area contributed by atoms with Crippen LogP contribution in [0.3, 0.4) is 0 Å². The SMILES string of the molecule is CCCC[C@]12O[C@H]1[C@H](C)OC2=O. The predicted molar refractivity (Wildman–Crippen MR) is 42.7 cm³/mol. The fourth-order valence-electron chi connectivity index (χ4n) is 1.90. The van der Waals surface area contributed by atoms with E-state index in [2.05, 4.69) is 6.92 Å². The van der Waals surface area contributed by atoms with E-state index in [0.717, 1.165) is 19.3 Å². The zero-order valence-electron chi connectivity index (χ0n) is 7.50. The van der Waals surface area contributed by atoms with E-state index in [1.807, 2.05) is 6.92 Å². The van der Waals surface area contributed by atoms with E-state index in [1.54, 1.807) is 0 Å². The molecule has 3 heteroatoms. The summed E-state index contributed by atoms with van der Waals surface area (Å²) in [5.74, 6) is -0.145. The Morgan fingerprint density at radius 3 is 2.75 bits per heavy atom. The van der Waals surface area contributed by atoms with Gasteiger partial charge in [-0.2, -0.15) is 0 Å². The molecule has 2 fully saturated rings. The summed E-state index contributed by atoms with van der Waals surface area (Å²) in [5, 5.41) is 0. The highest BCUT2D eigenvalue weighted by molar-refractivity contribution is 5.86. The van der Waals surface area contributed by atoms with E-state index in [9.17, 15) is 4.79 Å². The molecular formula is C9H14O3. The van der Waals surface area contributed by atoms with Gasteiger partial charge < -0.3 is 9.47 Å². The van der Waals surface area contributed by atoms with E-state index < -0.39 is 5.60 Å². The summed E-state index contributed by atoms with van der Waals surface area (Å²) < 4.78 is 10.5. The zero-order chi connectivity index (χ0) is 8.77. The molecule has 68 valence electrons. The molecule has 0 aliphatic carbocycles. The number of hydrogen-bond donors (Lipinski definition) is 0. The van der Waals surface area contributed by atoms with Crippen LogP contribution in [-0.4, -0.2) is 23.8 Å². The van der Waals surface area contributed by atoms with Gasteiger partial charge in [0.05, 0.1) is 0 Å². The molecule has 3 atom stereocenters. The molecule has 3 nitrogen and oxygen atoms in total. The third-order valence-corrected chi connectivity index (χ3v) is 2.71. The minimum atomic E-state index is -0.518. The van der Waals surface area contributed by atoms with Gasteiger partial charge in [-0.1, -0.05) is 19.8 Å². The second kappa shape index (κ2) is 2.46. The molecular weight excluding hydrogens is 156 g/mol. The van der Waals surface area contributed by atoms with Gasteiger partial charge in [0.15, 0.2) is 5.60 Å². The highest BCUT2D eigenvalue weighted by atomic mass is 16.7. The molecule has 0 saturated carbocycles. The third kappa shape index (κ3) is 0.891. The first-order valence-corrected chi connectivity index (χ1v) is 4.59. The smallest absolute Gasteiger partial charge is 0.341 e. The Hall–Kier alpha value is -0.570. The Balaban J connectivity index is 2.00. The number of hydrogen-bond acceptors (Lipinski definition) is 3. The first-order chi connectivity index (χ1) is 5.70. The lowest BCUT2D eigenvalue weighted by Crippen LogP contribution is -2.22. The van der Waals surface area contributed by atoms with Crippen LogP contribution in [0, 0.1) is 0 Å². The number of epoxide rings is 1. The summed E-state index contributed by atoms with van der Waals surface area (Å²) in [7, 11) is 0. The topological polar surface area (TPSA) is 38.8 Å². The molecule has 12 heavy (non-hydrogen) atoms. The molecule has 0 unspecified atom stereocenters. The van der Waals surface area contributed by atoms with Crippen molar-refractivity contribution in [2.75, 3.05) is 0 Å². The number of carbonyl (C=O) groups is 1. The maximum absolute atomic E-state index is 11.3. The van der Waals surface area contributed by atoms with Crippen LogP contribution in [-0.2, 0) is 14.3 Å². The number of unbranched alkanes of at least 4 members (excludes halogenated alkanes) is 1. The quantitative estimate of drug-likeness (QED) is 0.472. The van der Waals surface area contributed by atoms with Crippen LogP contribution in [0.15, 0.2) is 0 Å². The van der Waals surface area contributed by atoms with Gasteiger partial charge in [-0.15, -0.1) is 0 Å². The highest BCUT2D eigenvalue weighted by Gasteiger charge is 2.71. The molecule has 2 saturated heterocycles. The second-order valence-corrected chi connectivity index (χ2v) is 3.64. The van der Waals surface area contributed by atoms with Crippen molar-refractivity contribution in [2.24, 2.45) is 0 Å². The molecule has 0 aromatic rings. The number of esters is 1. The van der Waals surface area contributed by atoms with Crippen LogP contribution in [0.4, 0.5) is 0 Å². The van der Waals surface area contributed by atoms with Crippen LogP contribution < -0.4 is 0 Å². The lowest BCUT2D eigenvalue weighted by atomic mass is 9.99. The van der Waals surface area contributed by atoms with Gasteiger partial charge in [0.2, 0.25) is 0 Å². The van der Waals surface area contributed by atoms with Crippen LogP contribution in [0.1, 0.15) is 33.1 Å². The van der Waals surface area contributed by atoms with Crippen LogP contribution in [0.5, 0.6) is 0 Å². The Morgan fingerprint density at radius 1 is 1.58 bits per heavy atom. The van der Waals surface area contributed by atoms with Crippen LogP contribution in [0.25, 0.3) is 0 Å². The fourth-order valence-corrected chi connectivity index (χ4v) is 1.90. The van der Waals surface area contributed by atoms with Gasteiger partial charge in [0.25, 0.3) is 0 Å². The molecule has 2 rings (SSSR count). The summed E-state index contributed by atoms with van der Waals surface area (Å²) in [6.07, 6.45) is 2.99. The monoisotopic (exact) mass is 170 g/mol. The molecule has 0 amide bonds. The first kappa shape index (κ1) is 8.05. The van der Waals surface area contributed by atoms with Crippen molar-refractivity contribution >= 4 is 5.97 Å². The van der Waals surface area contributed by atoms with Crippen molar-refractivity contribution in [2.45, 2.75) is 50.9 Å². The lowest BCUT2D eigenvalue weighted by Gasteiger charge is -2.06. The fraction of sp³-hybridized carbons (Fsp3) is 0.889. The van der Waals surface area contributed by atoms with Gasteiger partial charge in [-0.25, -0.2) is 4.79 Å². The summed E-state index contributed by atoms with van der Waals surface area (Å²) in [4.78, 5) is 11.3. The molecule has 0 spiro atoms. The largest absolute Gasteiger partial charge is 0.458 e. The van der Waals surface area contributed by atoms with Gasteiger partial charge in [0.1, 0.15) is 12.2 Å². The van der Waals surface area contributed by atoms with Gasteiger partial charge in [-0.3, -0.25) is 0 Å². The van der Waals surface area contributed by atoms with E-state index in [1.165, 1.54) is 0 Å². The standard InChI is InChI=1S/C9H14O3/c1-3-4-5-9-7(12-9)6(2)11-8(9)10/h6-7H,3-5H2,1-2H3/t6-,7-,9-/m0/s1. The van der Waals surface area contributed by atoms with Gasteiger partial charge >= 0.3 is 5.97 Å². The number of ether oxygens (including phenoxy) is 2. The lowest BCUT2D eigenvalue weighted by molar-refractivity contribution is -0.153. The number of rotatable bonds is 3. The second-order valence-electron chi connectivity index (χ2n) is 3.64. The molecule has 0 aromatic carbocycles. The average molecular weight is 170 g/mol. The average Bonchev–Trinajstić information content (AvgIpc) is 2.71. The molecule has 2 aliphatic heterocycles. The summed E-state index contributed by atoms with van der Waals surface area (Å²) in [6.45, 7) is 4.00. The molecule has 2 aliphatic rings. The van der Waals surface area contributed by atoms with Crippen molar-refractivity contribution in [3.05, 3.63) is 0 Å². The maximum Gasteiger partial charge on any atom is 0.341 e. The third-order valence-electron chi connectivity index (χ3n) is 2.71. The minimum Gasteiger partial charge on any atom is -0.458 e. The van der Waals surface area contributed by atoms with Crippen molar-refractivity contribution < 1.29 is 14.3 Å². The number of fused-ring (bicyclic) bond motifs is 1. The van der Waals surface area contributed by atoms with Gasteiger partial charge in [0, 0.05) is 0 Å². The minimum absolute atomic E-state index is 0.0330. The van der Waals surface area contributed by atoms with Crippen molar-refractivity contribution in [3.63, 3.8) is 0 Å². The molecule has 0 N–H and O–H groups in total. The van der Waals surface area contributed by atoms with E-state index >= 15 is 0 Å². The Labute approximate surface area is 72.0 Å². The molecule has 0 bridgehead atoms. The summed E-state index contributed by atoms with van der Waals surface area (Å²) in [5.41, 5.74) is -0.518. The Morgan fingerprint density at radius 2 is 2.33 bits per heavy atom. The normalized spacial score (nSPS) is 44.0. The number of cyclic esters (lactones) is 1. The molecule has 0 aromatic heterocycles. The Kier molecular flexibility index (Phi) is 1.65. The van der Waals surface area contributed by atoms with Crippen molar-refractivity contribution in [3.8, 4) is 0 Å². The summed E-state index contributed by atoms with van der Waals surface area (Å²) in [6, 6.07) is 0. The molecule has 0 radical (unpaired) electrons. The first-order valence-electron chi connectivity index (χ1n) is 4.59. The molecule has 2 heterocycles. The summed E-state index contributed by atoms with van der Waals surface area (Å²) >= 11 is 0. The van der Waals surface area contributed by atoms with Gasteiger partial charge in [-0.05, 0) is 13.3 Å². The van der Waals surface area contributed by atoms with E-state index in [4.69, 9.17) is 9.47 Å². The van der Waals surface area contributed by atoms with E-state index in [0.29, 0.717) is 0 Å². The maximum atomic E-state index is 11.3. The number of carbonyl (C=O) groups excluding carboxylic acids is 1. The predicted octanol–water partition coefficient (Wildman–Crippen LogP) is 1.26. The highest BCUT2D eigenvalue weighted by Crippen LogP contribution is 2.49. The van der Waals surface area contributed by atoms with Crippen molar-refractivity contribution in [1.29, 1.82) is 0 Å². The van der Waals surface area contributed by atoms with Crippen molar-refractivity contribution in [1.82, 2.24) is 0 Å². The zero-order valence-corrected chi connectivity index (χ0v) is 7.50.